The van der Waals surface area contributed by atoms with Gasteiger partial charge in [-0.05, 0) is 42.3 Å². The van der Waals surface area contributed by atoms with Crippen molar-refractivity contribution in [3.8, 4) is 11.5 Å². The van der Waals surface area contributed by atoms with Crippen LogP contribution < -0.4 is 9.47 Å². The van der Waals surface area contributed by atoms with Gasteiger partial charge in [-0.3, -0.25) is 9.59 Å². The lowest BCUT2D eigenvalue weighted by Gasteiger charge is -2.47. The summed E-state index contributed by atoms with van der Waals surface area (Å²) in [6, 6.07) is 22.5. The van der Waals surface area contributed by atoms with E-state index in [9.17, 15) is 9.59 Å². The van der Waals surface area contributed by atoms with Crippen LogP contribution in [0, 0.1) is 0 Å². The molecule has 1 aromatic heterocycles. The van der Waals surface area contributed by atoms with Crippen LogP contribution in [0.1, 0.15) is 35.3 Å². The molecule has 7 nitrogen and oxygen atoms in total. The lowest BCUT2D eigenvalue weighted by Crippen LogP contribution is -2.62. The van der Waals surface area contributed by atoms with Gasteiger partial charge in [-0.1, -0.05) is 48.5 Å². The quantitative estimate of drug-likeness (QED) is 0.429. The second-order valence-corrected chi connectivity index (χ2v) is 9.50. The van der Waals surface area contributed by atoms with Gasteiger partial charge in [-0.15, -0.1) is 0 Å². The number of hydrogen-bond donors (Lipinski definition) is 1. The molecule has 1 N–H and O–H groups in total. The Balaban J connectivity index is 1.44. The number of aromatic nitrogens is 1. The fourth-order valence-electron chi connectivity index (χ4n) is 5.73. The van der Waals surface area contributed by atoms with E-state index in [1.165, 1.54) is 0 Å². The first-order chi connectivity index (χ1) is 18.1. The van der Waals surface area contributed by atoms with Gasteiger partial charge in [0.05, 0.1) is 13.7 Å². The van der Waals surface area contributed by atoms with E-state index in [4.69, 9.17) is 9.47 Å². The van der Waals surface area contributed by atoms with Gasteiger partial charge in [0.15, 0.2) is 0 Å². The Morgan fingerprint density at radius 1 is 0.973 bits per heavy atom. The van der Waals surface area contributed by atoms with E-state index in [-0.39, 0.29) is 18.4 Å². The van der Waals surface area contributed by atoms with Crippen LogP contribution in [0.15, 0.2) is 72.8 Å². The molecule has 2 atom stereocenters. The van der Waals surface area contributed by atoms with E-state index in [1.807, 2.05) is 73.7 Å². The van der Waals surface area contributed by atoms with Crippen molar-refractivity contribution in [3.63, 3.8) is 0 Å². The lowest BCUT2D eigenvalue weighted by atomic mass is 9.85. The summed E-state index contributed by atoms with van der Waals surface area (Å²) in [5.74, 6) is 1.37. The molecular formula is C30H29N3O4. The Kier molecular flexibility index (Phi) is 5.83. The number of nitrogens with one attached hydrogen (secondary N) is 1. The molecule has 1 saturated heterocycles. The van der Waals surface area contributed by atoms with Gasteiger partial charge in [0.1, 0.15) is 30.1 Å². The van der Waals surface area contributed by atoms with Gasteiger partial charge in [0, 0.05) is 35.1 Å². The van der Waals surface area contributed by atoms with Gasteiger partial charge in [-0.2, -0.15) is 0 Å². The molecule has 1 fully saturated rings. The fraction of sp³-hybridized carbons (Fsp3) is 0.267. The largest absolute Gasteiger partial charge is 0.497 e. The Labute approximate surface area is 215 Å². The van der Waals surface area contributed by atoms with Crippen LogP contribution in [0.3, 0.4) is 0 Å². The SMILES string of the molecule is CCOc1ccccc1C1c2[nH]c3ccccc3c2CC2C(=O)N(Cc3ccc(OC)cc3)CC(=O)N21. The number of carbonyl (C=O) groups excluding carboxylic acids is 2. The fourth-order valence-corrected chi connectivity index (χ4v) is 5.73. The zero-order valence-electron chi connectivity index (χ0n) is 20.9. The highest BCUT2D eigenvalue weighted by Crippen LogP contribution is 2.45. The van der Waals surface area contributed by atoms with Gasteiger partial charge >= 0.3 is 0 Å². The van der Waals surface area contributed by atoms with E-state index in [0.717, 1.165) is 44.8 Å². The maximum atomic E-state index is 14.0. The molecule has 0 aliphatic carbocycles. The van der Waals surface area contributed by atoms with E-state index in [2.05, 4.69) is 11.1 Å². The van der Waals surface area contributed by atoms with E-state index in [1.54, 1.807) is 16.9 Å². The first-order valence-electron chi connectivity index (χ1n) is 12.6. The molecule has 0 radical (unpaired) electrons. The molecule has 3 aromatic carbocycles. The van der Waals surface area contributed by atoms with Gasteiger partial charge in [0.2, 0.25) is 11.8 Å². The number of benzene rings is 3. The molecule has 3 heterocycles. The number of methoxy groups -OCH3 is 1. The molecule has 6 rings (SSSR count). The number of fused-ring (bicyclic) bond motifs is 4. The first kappa shape index (κ1) is 23.2. The molecule has 0 spiro atoms. The molecule has 37 heavy (non-hydrogen) atoms. The number of amides is 2. The number of rotatable bonds is 6. The van der Waals surface area contributed by atoms with Crippen molar-refractivity contribution in [3.05, 3.63) is 95.2 Å². The van der Waals surface area contributed by atoms with Crippen LogP contribution in [-0.2, 0) is 22.6 Å². The molecule has 2 aliphatic rings. The van der Waals surface area contributed by atoms with Gasteiger partial charge in [0.25, 0.3) is 0 Å². The van der Waals surface area contributed by atoms with Crippen LogP contribution in [0.5, 0.6) is 11.5 Å². The van der Waals surface area contributed by atoms with E-state index < -0.39 is 12.1 Å². The highest BCUT2D eigenvalue weighted by atomic mass is 16.5. The smallest absolute Gasteiger partial charge is 0.246 e. The predicted octanol–water partition coefficient (Wildman–Crippen LogP) is 4.46. The summed E-state index contributed by atoms with van der Waals surface area (Å²) in [4.78, 5) is 34.8. The Bertz CT molecular complexity index is 1480. The number of H-pyrrole nitrogens is 1. The number of carbonyl (C=O) groups is 2. The van der Waals surface area contributed by atoms with Crippen molar-refractivity contribution in [2.45, 2.75) is 32.0 Å². The molecule has 0 saturated carbocycles. The minimum absolute atomic E-state index is 0.0320. The normalized spacial score (nSPS) is 19.1. The van der Waals surface area contributed by atoms with Crippen LogP contribution in [0.2, 0.25) is 0 Å². The summed E-state index contributed by atoms with van der Waals surface area (Å²) in [7, 11) is 1.62. The zero-order chi connectivity index (χ0) is 25.5. The third-order valence-electron chi connectivity index (χ3n) is 7.39. The maximum Gasteiger partial charge on any atom is 0.246 e. The van der Waals surface area contributed by atoms with Crippen molar-refractivity contribution in [1.82, 2.24) is 14.8 Å². The van der Waals surface area contributed by atoms with Crippen molar-refractivity contribution in [2.24, 2.45) is 0 Å². The number of hydrogen-bond acceptors (Lipinski definition) is 4. The number of aromatic amines is 1. The second kappa shape index (κ2) is 9.32. The zero-order valence-corrected chi connectivity index (χ0v) is 20.9. The average Bonchev–Trinajstić information content (AvgIpc) is 3.30. The molecule has 7 heteroatoms. The predicted molar refractivity (Wildman–Crippen MR) is 141 cm³/mol. The summed E-state index contributed by atoms with van der Waals surface area (Å²) < 4.78 is 11.2. The monoisotopic (exact) mass is 495 g/mol. The highest BCUT2D eigenvalue weighted by molar-refractivity contribution is 5.97. The minimum Gasteiger partial charge on any atom is -0.497 e. The third-order valence-corrected chi connectivity index (χ3v) is 7.39. The summed E-state index contributed by atoms with van der Waals surface area (Å²) in [5.41, 5.74) is 4.88. The Morgan fingerprint density at radius 2 is 1.73 bits per heavy atom. The summed E-state index contributed by atoms with van der Waals surface area (Å²) in [5, 5.41) is 1.09. The second-order valence-electron chi connectivity index (χ2n) is 9.50. The van der Waals surface area contributed by atoms with Gasteiger partial charge in [-0.25, -0.2) is 0 Å². The van der Waals surface area contributed by atoms with Crippen molar-refractivity contribution >= 4 is 22.7 Å². The molecule has 4 aromatic rings. The Morgan fingerprint density at radius 3 is 2.51 bits per heavy atom. The topological polar surface area (TPSA) is 74.9 Å². The summed E-state index contributed by atoms with van der Waals surface area (Å²) in [6.07, 6.45) is 0.469. The Hall–Kier alpha value is -4.26. The summed E-state index contributed by atoms with van der Waals surface area (Å²) >= 11 is 0. The minimum atomic E-state index is -0.592. The van der Waals surface area contributed by atoms with Crippen molar-refractivity contribution in [1.29, 1.82) is 0 Å². The van der Waals surface area contributed by atoms with E-state index >= 15 is 0 Å². The van der Waals surface area contributed by atoms with Crippen LogP contribution in [-0.4, -0.2) is 52.9 Å². The number of ether oxygens (including phenoxy) is 2. The molecular weight excluding hydrogens is 466 g/mol. The van der Waals surface area contributed by atoms with Gasteiger partial charge < -0.3 is 24.3 Å². The highest BCUT2D eigenvalue weighted by Gasteiger charge is 2.48. The van der Waals surface area contributed by atoms with Crippen LogP contribution in [0.25, 0.3) is 10.9 Å². The lowest BCUT2D eigenvalue weighted by molar-refractivity contribution is -0.159. The molecule has 0 bridgehead atoms. The van der Waals surface area contributed by atoms with Crippen molar-refractivity contribution < 1.29 is 19.1 Å². The number of piperazine rings is 1. The number of para-hydroxylation sites is 2. The number of nitrogens with zero attached hydrogens (tertiary/aromatic N) is 2. The van der Waals surface area contributed by atoms with Crippen LogP contribution in [0.4, 0.5) is 0 Å². The first-order valence-corrected chi connectivity index (χ1v) is 12.6. The molecule has 2 unspecified atom stereocenters. The molecule has 2 aliphatic heterocycles. The average molecular weight is 496 g/mol. The van der Waals surface area contributed by atoms with Crippen LogP contribution >= 0.6 is 0 Å². The standard InChI is InChI=1S/C30H29N3O4/c1-3-37-26-11-7-5-9-22(26)29-28-23(21-8-4-6-10-24(21)31-28)16-25-30(35)32(18-27(34)33(25)29)17-19-12-14-20(36-2)15-13-19/h4-15,25,29,31H,3,16-18H2,1-2H3. The third kappa shape index (κ3) is 3.91. The maximum absolute atomic E-state index is 14.0. The van der Waals surface area contributed by atoms with E-state index in [0.29, 0.717) is 19.6 Å². The molecule has 2 amide bonds. The summed E-state index contributed by atoms with van der Waals surface area (Å²) in [6.45, 7) is 2.86. The molecule has 188 valence electrons. The van der Waals surface area contributed by atoms with Crippen molar-refractivity contribution in [2.75, 3.05) is 20.3 Å².